The first kappa shape index (κ1) is 25.4. The zero-order valence-corrected chi connectivity index (χ0v) is 21.8. The zero-order valence-electron chi connectivity index (χ0n) is 21.8. The Morgan fingerprint density at radius 2 is 1.84 bits per heavy atom. The van der Waals surface area contributed by atoms with Crippen molar-refractivity contribution in [3.8, 4) is 11.1 Å². The summed E-state index contributed by atoms with van der Waals surface area (Å²) in [5.41, 5.74) is 4.73. The van der Waals surface area contributed by atoms with Crippen molar-refractivity contribution < 1.29 is 9.90 Å². The fourth-order valence-electron chi connectivity index (χ4n) is 4.74. The Bertz CT molecular complexity index is 1430. The van der Waals surface area contributed by atoms with E-state index in [4.69, 9.17) is 4.98 Å². The number of hydrogen-bond acceptors (Lipinski definition) is 7. The van der Waals surface area contributed by atoms with Crippen LogP contribution in [0.3, 0.4) is 0 Å². The van der Waals surface area contributed by atoms with Gasteiger partial charge in [0, 0.05) is 61.5 Å². The number of aromatic nitrogens is 3. The van der Waals surface area contributed by atoms with Crippen molar-refractivity contribution in [1.82, 2.24) is 19.3 Å². The monoisotopic (exact) mass is 511 g/mol. The third-order valence-electron chi connectivity index (χ3n) is 6.50. The van der Waals surface area contributed by atoms with Gasteiger partial charge in [0.05, 0.1) is 5.60 Å². The number of carbonyl (C=O) groups excluding carboxylic acids is 1. The maximum Gasteiger partial charge on any atom is 0.247 e. The van der Waals surface area contributed by atoms with Crippen LogP contribution < -0.4 is 15.5 Å². The molecule has 0 saturated carbocycles. The van der Waals surface area contributed by atoms with Crippen LogP contribution >= 0.6 is 0 Å². The average molecular weight is 512 g/mol. The van der Waals surface area contributed by atoms with Crippen LogP contribution in [0.25, 0.3) is 16.8 Å². The molecule has 5 rings (SSSR count). The minimum atomic E-state index is -0.671. The highest BCUT2D eigenvalue weighted by molar-refractivity contribution is 5.99. The van der Waals surface area contributed by atoms with Crippen LogP contribution in [0.2, 0.25) is 0 Å². The Morgan fingerprint density at radius 1 is 1.08 bits per heavy atom. The molecule has 0 spiro atoms. The Kier molecular flexibility index (Phi) is 7.13. The summed E-state index contributed by atoms with van der Waals surface area (Å²) in [5.74, 6) is 0.248. The lowest BCUT2D eigenvalue weighted by molar-refractivity contribution is -0.111. The van der Waals surface area contributed by atoms with Gasteiger partial charge in [0.25, 0.3) is 0 Å². The van der Waals surface area contributed by atoms with E-state index in [1.807, 2.05) is 66.9 Å². The van der Waals surface area contributed by atoms with Crippen LogP contribution in [0.5, 0.6) is 0 Å². The first-order valence-electron chi connectivity index (χ1n) is 12.7. The minimum Gasteiger partial charge on any atom is -0.389 e. The topological polar surface area (TPSA) is 98.0 Å². The maximum absolute atomic E-state index is 11.7. The third kappa shape index (κ3) is 6.01. The van der Waals surface area contributed by atoms with Gasteiger partial charge in [0.15, 0.2) is 0 Å². The number of rotatable bonds is 8. The molecule has 1 fully saturated rings. The number of hydrogen-bond donors (Lipinski definition) is 3. The Morgan fingerprint density at radius 3 is 2.55 bits per heavy atom. The number of amides is 1. The lowest BCUT2D eigenvalue weighted by atomic mass is 10.1. The van der Waals surface area contributed by atoms with Gasteiger partial charge in [-0.3, -0.25) is 14.1 Å². The van der Waals surface area contributed by atoms with Crippen LogP contribution in [-0.2, 0) is 4.79 Å². The fraction of sp³-hybridized carbons (Fsp3) is 0.276. The number of β-amino-alcohol motifs (C(OH)–C–C–N with tert-alkyl or cyclic N) is 1. The fourth-order valence-corrected chi connectivity index (χ4v) is 4.74. The van der Waals surface area contributed by atoms with Gasteiger partial charge in [-0.15, -0.1) is 0 Å². The molecule has 3 heterocycles. The summed E-state index contributed by atoms with van der Waals surface area (Å²) in [6.07, 6.45) is 4.90. The van der Waals surface area contributed by atoms with Gasteiger partial charge in [-0.1, -0.05) is 18.7 Å². The number of nitrogens with zero attached hydrogens (tertiary/aromatic N) is 5. The standard InChI is InChI=1S/C29H33N7O2/c1-4-26(37)31-23-7-5-6-21(18-23)25-12-13-36-20-30-28(33-27(25)36)32-22-8-10-24(11-9-22)35-16-14-34(15-17-35)19-29(2,3)38/h4-13,18,20,38H,1,14-17,19H2,2-3H3,(H,31,37)(H,32,33). The lowest BCUT2D eigenvalue weighted by Gasteiger charge is -2.38. The molecule has 9 nitrogen and oxygen atoms in total. The maximum atomic E-state index is 11.7. The zero-order chi connectivity index (χ0) is 26.7. The summed E-state index contributed by atoms with van der Waals surface area (Å²) in [5, 5.41) is 16.2. The SMILES string of the molecule is C=CC(=O)Nc1cccc(-c2ccn3cnc(Nc4ccc(N5CCN(CC(C)(C)O)CC5)cc4)nc23)c1. The molecule has 0 bridgehead atoms. The van der Waals surface area contributed by atoms with E-state index in [2.05, 4.69) is 44.1 Å². The smallest absolute Gasteiger partial charge is 0.247 e. The van der Waals surface area contributed by atoms with E-state index in [1.165, 1.54) is 11.8 Å². The van der Waals surface area contributed by atoms with Crippen LogP contribution in [0.1, 0.15) is 13.8 Å². The molecule has 1 saturated heterocycles. The summed E-state index contributed by atoms with van der Waals surface area (Å²) in [7, 11) is 0. The molecule has 9 heteroatoms. The molecule has 2 aromatic carbocycles. The van der Waals surface area contributed by atoms with Crippen molar-refractivity contribution in [2.75, 3.05) is 48.3 Å². The van der Waals surface area contributed by atoms with Crippen molar-refractivity contribution >= 4 is 34.6 Å². The molecule has 0 radical (unpaired) electrons. The van der Waals surface area contributed by atoms with E-state index in [-0.39, 0.29) is 5.91 Å². The number of aliphatic hydroxyl groups is 1. The summed E-state index contributed by atoms with van der Waals surface area (Å²) < 4.78 is 1.87. The predicted octanol–water partition coefficient (Wildman–Crippen LogP) is 4.16. The summed E-state index contributed by atoms with van der Waals surface area (Å²) in [6, 6.07) is 17.9. The van der Waals surface area contributed by atoms with Gasteiger partial charge in [-0.2, -0.15) is 4.98 Å². The molecular formula is C29H33N7O2. The molecule has 1 amide bonds. The van der Waals surface area contributed by atoms with E-state index in [9.17, 15) is 9.90 Å². The lowest BCUT2D eigenvalue weighted by Crippen LogP contribution is -2.50. The molecular weight excluding hydrogens is 478 g/mol. The molecule has 3 N–H and O–H groups in total. The number of carbonyl (C=O) groups is 1. The second kappa shape index (κ2) is 10.6. The Labute approximate surface area is 222 Å². The highest BCUT2D eigenvalue weighted by Crippen LogP contribution is 2.28. The van der Waals surface area contributed by atoms with E-state index >= 15 is 0 Å². The first-order valence-corrected chi connectivity index (χ1v) is 12.7. The van der Waals surface area contributed by atoms with Crippen molar-refractivity contribution in [3.63, 3.8) is 0 Å². The largest absolute Gasteiger partial charge is 0.389 e. The van der Waals surface area contributed by atoms with Gasteiger partial charge in [-0.05, 0) is 68.0 Å². The minimum absolute atomic E-state index is 0.253. The second-order valence-electron chi connectivity index (χ2n) is 10.2. The van der Waals surface area contributed by atoms with E-state index in [1.54, 1.807) is 6.33 Å². The van der Waals surface area contributed by atoms with Crippen molar-refractivity contribution in [2.45, 2.75) is 19.4 Å². The summed E-state index contributed by atoms with van der Waals surface area (Å²) in [6.45, 7) is 11.6. The number of benzene rings is 2. The Balaban J connectivity index is 1.28. The first-order chi connectivity index (χ1) is 18.3. The molecule has 4 aromatic rings. The van der Waals surface area contributed by atoms with Crippen LogP contribution in [0.4, 0.5) is 23.0 Å². The van der Waals surface area contributed by atoms with Crippen molar-refractivity contribution in [3.05, 3.63) is 79.8 Å². The van der Waals surface area contributed by atoms with Crippen LogP contribution in [0.15, 0.2) is 79.8 Å². The van der Waals surface area contributed by atoms with E-state index in [0.717, 1.165) is 48.6 Å². The van der Waals surface area contributed by atoms with E-state index < -0.39 is 5.60 Å². The number of anilines is 4. The van der Waals surface area contributed by atoms with Crippen molar-refractivity contribution in [1.29, 1.82) is 0 Å². The Hall–Kier alpha value is -4.21. The molecule has 196 valence electrons. The van der Waals surface area contributed by atoms with Gasteiger partial charge in [-0.25, -0.2) is 4.98 Å². The van der Waals surface area contributed by atoms with Crippen LogP contribution in [-0.4, -0.2) is 68.6 Å². The third-order valence-corrected chi connectivity index (χ3v) is 6.50. The molecule has 0 atom stereocenters. The molecule has 1 aliphatic heterocycles. The molecule has 38 heavy (non-hydrogen) atoms. The normalized spacial score (nSPS) is 14.4. The number of nitrogens with one attached hydrogen (secondary N) is 2. The summed E-state index contributed by atoms with van der Waals surface area (Å²) in [4.78, 5) is 25.6. The van der Waals surface area contributed by atoms with Crippen LogP contribution in [0, 0.1) is 0 Å². The molecule has 2 aromatic heterocycles. The van der Waals surface area contributed by atoms with E-state index in [0.29, 0.717) is 18.2 Å². The van der Waals surface area contributed by atoms with Crippen molar-refractivity contribution in [2.24, 2.45) is 0 Å². The quantitative estimate of drug-likeness (QED) is 0.306. The molecule has 0 unspecified atom stereocenters. The summed E-state index contributed by atoms with van der Waals surface area (Å²) >= 11 is 0. The second-order valence-corrected chi connectivity index (χ2v) is 10.2. The average Bonchev–Trinajstić information content (AvgIpc) is 3.32. The highest BCUT2D eigenvalue weighted by atomic mass is 16.3. The number of piperazine rings is 1. The molecule has 1 aliphatic rings. The predicted molar refractivity (Wildman–Crippen MR) is 152 cm³/mol. The number of fused-ring (bicyclic) bond motifs is 1. The van der Waals surface area contributed by atoms with Gasteiger partial charge >= 0.3 is 0 Å². The highest BCUT2D eigenvalue weighted by Gasteiger charge is 2.22. The molecule has 0 aliphatic carbocycles. The van der Waals surface area contributed by atoms with Gasteiger partial charge < -0.3 is 20.6 Å². The van der Waals surface area contributed by atoms with Gasteiger partial charge in [0.2, 0.25) is 11.9 Å². The van der Waals surface area contributed by atoms with Gasteiger partial charge in [0.1, 0.15) is 12.0 Å².